The first kappa shape index (κ1) is 14.9. The Hall–Kier alpha value is -2.63. The van der Waals surface area contributed by atoms with Crippen LogP contribution in [0.5, 0.6) is 0 Å². The fourth-order valence-corrected chi connectivity index (χ4v) is 3.57. The van der Waals surface area contributed by atoms with Gasteiger partial charge >= 0.3 is 5.97 Å². The van der Waals surface area contributed by atoms with Gasteiger partial charge in [-0.3, -0.25) is 4.79 Å². The van der Waals surface area contributed by atoms with Gasteiger partial charge in [-0.1, -0.05) is 29.8 Å². The minimum absolute atomic E-state index is 0.0843. The highest BCUT2D eigenvalue weighted by Gasteiger charge is 2.55. The molecule has 2 aromatic rings. The van der Waals surface area contributed by atoms with Crippen LogP contribution in [-0.4, -0.2) is 37.9 Å². The maximum atomic E-state index is 13.2. The number of hydrogen-bond donors (Lipinski definition) is 2. The second-order valence-electron chi connectivity index (χ2n) is 6.77. The van der Waals surface area contributed by atoms with Crippen LogP contribution in [0, 0.1) is 6.92 Å². The third-order valence-electron chi connectivity index (χ3n) is 5.21. The van der Waals surface area contributed by atoms with E-state index in [9.17, 15) is 14.7 Å². The molecule has 2 N–H and O–H groups in total. The van der Waals surface area contributed by atoms with Crippen molar-refractivity contribution in [2.45, 2.75) is 44.2 Å². The van der Waals surface area contributed by atoms with Crippen molar-refractivity contribution in [3.63, 3.8) is 0 Å². The van der Waals surface area contributed by atoms with Crippen LogP contribution in [0.2, 0.25) is 0 Å². The van der Waals surface area contributed by atoms with E-state index in [1.165, 1.54) is 4.90 Å². The smallest absolute Gasteiger partial charge is 0.326 e. The van der Waals surface area contributed by atoms with Gasteiger partial charge in [0.25, 0.3) is 0 Å². The number of aromatic amines is 1. The fraction of sp³-hybridized carbons (Fsp3) is 0.389. The summed E-state index contributed by atoms with van der Waals surface area (Å²) in [6.07, 6.45) is 3.36. The van der Waals surface area contributed by atoms with E-state index >= 15 is 0 Å². The van der Waals surface area contributed by atoms with Crippen molar-refractivity contribution in [3.05, 3.63) is 53.1 Å². The number of H-pyrrole nitrogens is 1. The molecule has 0 spiro atoms. The number of carboxylic acids is 1. The monoisotopic (exact) mass is 325 g/mol. The lowest BCUT2D eigenvalue weighted by atomic mass is 9.91. The summed E-state index contributed by atoms with van der Waals surface area (Å²) in [4.78, 5) is 33.6. The lowest BCUT2D eigenvalue weighted by Gasteiger charge is -2.35. The van der Waals surface area contributed by atoms with Gasteiger partial charge in [-0.15, -0.1) is 0 Å². The maximum Gasteiger partial charge on any atom is 0.326 e. The zero-order chi connectivity index (χ0) is 16.9. The second kappa shape index (κ2) is 5.19. The molecule has 24 heavy (non-hydrogen) atoms. The fourth-order valence-electron chi connectivity index (χ4n) is 3.57. The molecule has 0 saturated heterocycles. The minimum Gasteiger partial charge on any atom is -0.480 e. The Morgan fingerprint density at radius 1 is 1.29 bits per heavy atom. The van der Waals surface area contributed by atoms with E-state index in [4.69, 9.17) is 0 Å². The molecule has 0 radical (unpaired) electrons. The molecule has 6 heteroatoms. The number of imidazole rings is 1. The molecule has 1 aromatic carbocycles. The Bertz CT molecular complexity index is 805. The molecule has 1 fully saturated rings. The third-order valence-corrected chi connectivity index (χ3v) is 5.21. The Morgan fingerprint density at radius 2 is 2.00 bits per heavy atom. The highest BCUT2D eigenvalue weighted by Crippen LogP contribution is 2.50. The number of aliphatic carboxylic acids is 1. The number of hydrogen-bond acceptors (Lipinski definition) is 3. The van der Waals surface area contributed by atoms with Crippen LogP contribution in [0.25, 0.3) is 0 Å². The number of aryl methyl sites for hydroxylation is 1. The summed E-state index contributed by atoms with van der Waals surface area (Å²) in [5.74, 6) is -1.06. The molecule has 1 amide bonds. The van der Waals surface area contributed by atoms with Crippen LogP contribution in [0.4, 0.5) is 0 Å². The molecule has 2 aliphatic rings. The lowest BCUT2D eigenvalue weighted by molar-refractivity contribution is -0.152. The average molecular weight is 325 g/mol. The molecule has 0 bridgehead atoms. The largest absolute Gasteiger partial charge is 0.480 e. The lowest BCUT2D eigenvalue weighted by Crippen LogP contribution is -2.52. The molecule has 1 saturated carbocycles. The van der Waals surface area contributed by atoms with Gasteiger partial charge in [0.15, 0.2) is 0 Å². The number of rotatable bonds is 3. The van der Waals surface area contributed by atoms with Gasteiger partial charge in [-0.2, -0.15) is 0 Å². The highest BCUT2D eigenvalue weighted by molar-refractivity contribution is 5.94. The topological polar surface area (TPSA) is 86.3 Å². The summed E-state index contributed by atoms with van der Waals surface area (Å²) in [6, 6.07) is 7.13. The van der Waals surface area contributed by atoms with Crippen LogP contribution in [0.1, 0.15) is 35.4 Å². The number of aromatic nitrogens is 2. The zero-order valence-corrected chi connectivity index (χ0v) is 13.5. The number of benzene rings is 1. The Kier molecular flexibility index (Phi) is 3.23. The van der Waals surface area contributed by atoms with Crippen LogP contribution in [0.3, 0.4) is 0 Å². The van der Waals surface area contributed by atoms with E-state index in [0.29, 0.717) is 0 Å². The van der Waals surface area contributed by atoms with Gasteiger partial charge in [0.1, 0.15) is 6.04 Å². The van der Waals surface area contributed by atoms with Gasteiger partial charge in [0.05, 0.1) is 29.7 Å². The van der Waals surface area contributed by atoms with Crippen molar-refractivity contribution in [3.8, 4) is 0 Å². The normalized spacial score (nSPS) is 21.2. The number of amides is 1. The molecule has 2 heterocycles. The van der Waals surface area contributed by atoms with Crippen LogP contribution < -0.4 is 0 Å². The van der Waals surface area contributed by atoms with Gasteiger partial charge < -0.3 is 15.0 Å². The molecule has 1 aliphatic carbocycles. The summed E-state index contributed by atoms with van der Waals surface area (Å²) in [7, 11) is 0. The van der Waals surface area contributed by atoms with E-state index in [1.807, 2.05) is 31.2 Å². The summed E-state index contributed by atoms with van der Waals surface area (Å²) in [6.45, 7) is 2.29. The molecule has 1 atom stereocenters. The summed E-state index contributed by atoms with van der Waals surface area (Å²) in [5.41, 5.74) is 3.15. The average Bonchev–Trinajstić information content (AvgIpc) is 3.25. The summed E-state index contributed by atoms with van der Waals surface area (Å²) in [5, 5.41) is 9.58. The van der Waals surface area contributed by atoms with Crippen LogP contribution in [0.15, 0.2) is 30.6 Å². The Morgan fingerprint density at radius 3 is 2.62 bits per heavy atom. The minimum atomic E-state index is -0.975. The quantitative estimate of drug-likeness (QED) is 0.901. The first-order chi connectivity index (χ1) is 11.5. The molecule has 1 unspecified atom stereocenters. The van der Waals surface area contributed by atoms with Crippen molar-refractivity contribution in [1.82, 2.24) is 14.9 Å². The number of nitrogens with zero attached hydrogens (tertiary/aromatic N) is 2. The van der Waals surface area contributed by atoms with Crippen LogP contribution >= 0.6 is 0 Å². The number of fused-ring (bicyclic) bond motifs is 1. The van der Waals surface area contributed by atoms with E-state index < -0.39 is 17.4 Å². The molecule has 4 rings (SSSR count). The van der Waals surface area contributed by atoms with Gasteiger partial charge in [0, 0.05) is 6.42 Å². The van der Waals surface area contributed by atoms with E-state index in [-0.39, 0.29) is 18.9 Å². The Balaban J connectivity index is 1.68. The van der Waals surface area contributed by atoms with Crippen molar-refractivity contribution >= 4 is 11.9 Å². The van der Waals surface area contributed by atoms with Crippen molar-refractivity contribution < 1.29 is 14.7 Å². The molecule has 124 valence electrons. The maximum absolute atomic E-state index is 13.2. The number of carbonyl (C=O) groups excluding carboxylic acids is 1. The SMILES string of the molecule is Cc1ccc(C2(C(=O)N3Cc4[nH]cnc4CC3C(=O)O)CC2)cc1. The zero-order valence-electron chi connectivity index (χ0n) is 13.5. The molecule has 1 aliphatic heterocycles. The van der Waals surface area contributed by atoms with Crippen molar-refractivity contribution in [2.24, 2.45) is 0 Å². The Labute approximate surface area is 139 Å². The van der Waals surface area contributed by atoms with Gasteiger partial charge in [0.2, 0.25) is 5.91 Å². The van der Waals surface area contributed by atoms with Crippen molar-refractivity contribution in [1.29, 1.82) is 0 Å². The summed E-state index contributed by atoms with van der Waals surface area (Å²) < 4.78 is 0. The van der Waals surface area contributed by atoms with E-state index in [1.54, 1.807) is 6.33 Å². The number of carboxylic acid groups (broad SMARTS) is 1. The molecule has 1 aromatic heterocycles. The van der Waals surface area contributed by atoms with Gasteiger partial charge in [-0.05, 0) is 25.3 Å². The summed E-state index contributed by atoms with van der Waals surface area (Å²) >= 11 is 0. The van der Waals surface area contributed by atoms with Crippen molar-refractivity contribution in [2.75, 3.05) is 0 Å². The van der Waals surface area contributed by atoms with E-state index in [0.717, 1.165) is 35.4 Å². The molecular formula is C18H19N3O3. The van der Waals surface area contributed by atoms with E-state index in [2.05, 4.69) is 9.97 Å². The van der Waals surface area contributed by atoms with Crippen LogP contribution in [-0.2, 0) is 28.0 Å². The predicted octanol–water partition coefficient (Wildman–Crippen LogP) is 1.79. The van der Waals surface area contributed by atoms with Gasteiger partial charge in [-0.25, -0.2) is 9.78 Å². The standard InChI is InChI=1S/C18H19N3O3/c1-11-2-4-12(5-3-11)18(6-7-18)17(24)21-9-14-13(19-10-20-14)8-15(21)16(22)23/h2-5,10,15H,6-9H2,1H3,(H,19,20)(H,22,23). The molecule has 6 nitrogen and oxygen atoms in total. The third kappa shape index (κ3) is 2.21. The first-order valence-corrected chi connectivity index (χ1v) is 8.13. The number of carbonyl (C=O) groups is 2. The number of nitrogens with one attached hydrogen (secondary N) is 1. The molecular weight excluding hydrogens is 306 g/mol. The second-order valence-corrected chi connectivity index (χ2v) is 6.77. The highest BCUT2D eigenvalue weighted by atomic mass is 16.4. The first-order valence-electron chi connectivity index (χ1n) is 8.13. The predicted molar refractivity (Wildman–Crippen MR) is 86.4 cm³/mol.